The molecular weight excluding hydrogens is 480 g/mol. The van der Waals surface area contributed by atoms with Crippen LogP contribution >= 0.6 is 0 Å². The topological polar surface area (TPSA) is 133 Å². The van der Waals surface area contributed by atoms with Crippen LogP contribution in [0.3, 0.4) is 0 Å². The lowest BCUT2D eigenvalue weighted by molar-refractivity contribution is 0.100. The van der Waals surface area contributed by atoms with Crippen LogP contribution in [0.4, 0.5) is 23.5 Å². The lowest BCUT2D eigenvalue weighted by atomic mass is 10.1. The summed E-state index contributed by atoms with van der Waals surface area (Å²) >= 11 is 0. The average molecular weight is 521 g/mol. The number of aromatic hydroxyl groups is 1. The van der Waals surface area contributed by atoms with E-state index in [0.717, 1.165) is 43.7 Å². The minimum absolute atomic E-state index is 0. The van der Waals surface area contributed by atoms with Crippen molar-refractivity contribution in [3.8, 4) is 5.75 Å². The Morgan fingerprint density at radius 1 is 1.16 bits per heavy atom. The van der Waals surface area contributed by atoms with Crippen molar-refractivity contribution < 1.29 is 9.90 Å². The zero-order chi connectivity index (χ0) is 26.5. The van der Waals surface area contributed by atoms with E-state index in [4.69, 9.17) is 10.7 Å². The van der Waals surface area contributed by atoms with Crippen molar-refractivity contribution in [1.29, 1.82) is 0 Å². The molecule has 0 aliphatic carbocycles. The smallest absolute Gasteiger partial charge is 0.248 e. The third-order valence-corrected chi connectivity index (χ3v) is 6.32. The maximum Gasteiger partial charge on any atom is 0.248 e. The van der Waals surface area contributed by atoms with Gasteiger partial charge in [-0.3, -0.25) is 9.69 Å². The minimum atomic E-state index is -0.489. The number of nitrogens with zero attached hydrogens (tertiary/aromatic N) is 5. The van der Waals surface area contributed by atoms with Gasteiger partial charge in [0.2, 0.25) is 23.8 Å². The molecule has 0 spiro atoms. The molecule has 1 aliphatic rings. The fourth-order valence-electron chi connectivity index (χ4n) is 4.45. The van der Waals surface area contributed by atoms with E-state index in [-0.39, 0.29) is 19.2 Å². The molecule has 2 heterocycles. The summed E-state index contributed by atoms with van der Waals surface area (Å²) in [6.45, 7) is 9.66. The second-order valence-electron chi connectivity index (χ2n) is 10.1. The molecule has 0 bridgehead atoms. The van der Waals surface area contributed by atoms with Crippen LogP contribution in [0.2, 0.25) is 0 Å². The predicted octanol–water partition coefficient (Wildman–Crippen LogP) is 4.14. The third-order valence-electron chi connectivity index (χ3n) is 6.32. The van der Waals surface area contributed by atoms with Crippen LogP contribution in [0.5, 0.6) is 5.75 Å². The van der Waals surface area contributed by atoms with E-state index in [1.165, 1.54) is 0 Å². The second kappa shape index (κ2) is 12.6. The number of aromatic nitrogens is 3. The van der Waals surface area contributed by atoms with Crippen LogP contribution in [-0.2, 0) is 6.54 Å². The molecule has 38 heavy (non-hydrogen) atoms. The van der Waals surface area contributed by atoms with Crippen molar-refractivity contribution in [1.82, 2.24) is 19.9 Å². The first-order valence-corrected chi connectivity index (χ1v) is 12.6. The van der Waals surface area contributed by atoms with Crippen LogP contribution in [0.1, 0.15) is 49.2 Å². The van der Waals surface area contributed by atoms with Gasteiger partial charge in [-0.05, 0) is 54.7 Å². The zero-order valence-corrected chi connectivity index (χ0v) is 21.9. The number of phenolic OH excluding ortho intramolecular Hbond substituents is 1. The highest BCUT2D eigenvalue weighted by Gasteiger charge is 2.24. The molecule has 1 fully saturated rings. The van der Waals surface area contributed by atoms with Crippen molar-refractivity contribution in [2.75, 3.05) is 42.2 Å². The van der Waals surface area contributed by atoms with Crippen LogP contribution in [0.15, 0.2) is 42.5 Å². The number of benzene rings is 2. The molecule has 1 atom stereocenters. The maximum atomic E-state index is 11.7. The van der Waals surface area contributed by atoms with Gasteiger partial charge in [0.25, 0.3) is 0 Å². The van der Waals surface area contributed by atoms with E-state index >= 15 is 0 Å². The number of phenols is 1. The first-order chi connectivity index (χ1) is 17.7. The molecule has 10 heteroatoms. The van der Waals surface area contributed by atoms with Gasteiger partial charge in [0.1, 0.15) is 5.75 Å². The Kier molecular flexibility index (Phi) is 9.46. The quantitative estimate of drug-likeness (QED) is 0.311. The Morgan fingerprint density at radius 3 is 2.55 bits per heavy atom. The average Bonchev–Trinajstić information content (AvgIpc) is 3.27. The van der Waals surface area contributed by atoms with Gasteiger partial charge in [0.05, 0.1) is 0 Å². The lowest BCUT2D eigenvalue weighted by Crippen LogP contribution is -2.28. The number of amides is 1. The van der Waals surface area contributed by atoms with Gasteiger partial charge in [-0.1, -0.05) is 39.5 Å². The number of hydrogen-bond acceptors (Lipinski definition) is 9. The van der Waals surface area contributed by atoms with E-state index in [9.17, 15) is 9.90 Å². The Hall–Kier alpha value is -3.92. The summed E-state index contributed by atoms with van der Waals surface area (Å²) in [6.07, 6.45) is 0.962. The summed E-state index contributed by atoms with van der Waals surface area (Å²) in [5.74, 6) is 1.69. The number of hydrogen-bond donors (Lipinski definition) is 4. The fraction of sp³-hybridized carbons (Fsp3) is 0.429. The van der Waals surface area contributed by atoms with Crippen molar-refractivity contribution in [3.05, 3.63) is 59.2 Å². The van der Waals surface area contributed by atoms with Crippen LogP contribution in [-0.4, -0.2) is 63.6 Å². The minimum Gasteiger partial charge on any atom is -0.508 e. The standard InChI is InChI=1S/C27H36N8O2.CH4/c1-17(2)14-34(4)27-32-25(29-21-11-12-35(16-21)15-19-6-9-22(36)10-7-19)31-26(33-27)30-23-13-20(24(28)37)8-5-18(23)3;/h5-10,13,17,21,36H,11-12,14-16H2,1-4H3,(H2,28,37)(H2,29,30,31,32,33);1H4/t21-;/m0./s1. The Morgan fingerprint density at radius 2 is 1.87 bits per heavy atom. The molecule has 1 saturated heterocycles. The number of nitrogens with two attached hydrogens (primary N) is 1. The number of carbonyl (C=O) groups excluding carboxylic acids is 1. The fourth-order valence-corrected chi connectivity index (χ4v) is 4.45. The number of likely N-dealkylation sites (tertiary alicyclic amines) is 1. The molecule has 1 amide bonds. The molecule has 3 aromatic rings. The van der Waals surface area contributed by atoms with Crippen LogP contribution < -0.4 is 21.3 Å². The zero-order valence-electron chi connectivity index (χ0n) is 21.9. The van der Waals surface area contributed by atoms with Gasteiger partial charge in [-0.2, -0.15) is 15.0 Å². The number of carbonyl (C=O) groups is 1. The molecule has 0 radical (unpaired) electrons. The van der Waals surface area contributed by atoms with Crippen molar-refractivity contribution in [2.45, 2.75) is 47.2 Å². The van der Waals surface area contributed by atoms with E-state index in [1.54, 1.807) is 24.3 Å². The molecular formula is C28H40N8O2. The van der Waals surface area contributed by atoms with Crippen molar-refractivity contribution >= 4 is 29.4 Å². The Bertz CT molecular complexity index is 1230. The summed E-state index contributed by atoms with van der Waals surface area (Å²) in [7, 11) is 1.97. The second-order valence-corrected chi connectivity index (χ2v) is 10.1. The Balaban J connectivity index is 0.00000400. The molecule has 0 saturated carbocycles. The summed E-state index contributed by atoms with van der Waals surface area (Å²) in [4.78, 5) is 30.1. The van der Waals surface area contributed by atoms with E-state index in [1.807, 2.05) is 37.1 Å². The number of rotatable bonds is 10. The molecule has 10 nitrogen and oxygen atoms in total. The van der Waals surface area contributed by atoms with Crippen molar-refractivity contribution in [2.24, 2.45) is 11.7 Å². The first kappa shape index (κ1) is 28.6. The van der Waals surface area contributed by atoms with E-state index in [0.29, 0.717) is 35.0 Å². The highest BCUT2D eigenvalue weighted by atomic mass is 16.3. The third kappa shape index (κ3) is 7.55. The monoisotopic (exact) mass is 520 g/mol. The molecule has 2 aromatic carbocycles. The summed E-state index contributed by atoms with van der Waals surface area (Å²) in [6, 6.07) is 12.8. The lowest BCUT2D eigenvalue weighted by Gasteiger charge is -2.22. The van der Waals surface area contributed by atoms with Gasteiger partial charge in [-0.15, -0.1) is 0 Å². The summed E-state index contributed by atoms with van der Waals surface area (Å²) < 4.78 is 0. The number of anilines is 4. The number of aryl methyl sites for hydroxylation is 1. The van der Waals surface area contributed by atoms with Crippen LogP contribution in [0.25, 0.3) is 0 Å². The highest BCUT2D eigenvalue weighted by molar-refractivity contribution is 5.94. The molecule has 1 aliphatic heterocycles. The van der Waals surface area contributed by atoms with Gasteiger partial charge < -0.3 is 26.4 Å². The van der Waals surface area contributed by atoms with E-state index < -0.39 is 5.91 Å². The van der Waals surface area contributed by atoms with E-state index in [2.05, 4.69) is 39.3 Å². The largest absolute Gasteiger partial charge is 0.508 e. The summed E-state index contributed by atoms with van der Waals surface area (Å²) in [5.41, 5.74) is 8.71. The molecule has 204 valence electrons. The molecule has 0 unspecified atom stereocenters. The number of nitrogens with one attached hydrogen (secondary N) is 2. The normalized spacial score (nSPS) is 15.2. The Labute approximate surface area is 225 Å². The summed E-state index contributed by atoms with van der Waals surface area (Å²) in [5, 5.41) is 16.3. The molecule has 4 rings (SSSR count). The predicted molar refractivity (Wildman–Crippen MR) is 153 cm³/mol. The van der Waals surface area contributed by atoms with Crippen LogP contribution in [0, 0.1) is 12.8 Å². The van der Waals surface area contributed by atoms with Gasteiger partial charge in [0.15, 0.2) is 0 Å². The highest BCUT2D eigenvalue weighted by Crippen LogP contribution is 2.24. The number of primary amides is 1. The van der Waals surface area contributed by atoms with Gasteiger partial charge in [0, 0.05) is 50.5 Å². The van der Waals surface area contributed by atoms with Crippen molar-refractivity contribution in [3.63, 3.8) is 0 Å². The van der Waals surface area contributed by atoms with Gasteiger partial charge in [-0.25, -0.2) is 0 Å². The SMILES string of the molecule is C.Cc1ccc(C(N)=O)cc1Nc1nc(N[C@H]2CCN(Cc3ccc(O)cc3)C2)nc(N(C)CC(C)C)n1. The maximum absolute atomic E-state index is 11.7. The molecule has 5 N–H and O–H groups in total. The molecule has 1 aromatic heterocycles. The van der Waals surface area contributed by atoms with Gasteiger partial charge >= 0.3 is 0 Å². The first-order valence-electron chi connectivity index (χ1n) is 12.6.